The van der Waals surface area contributed by atoms with Crippen LogP contribution < -0.4 is 10.6 Å². The van der Waals surface area contributed by atoms with Crippen LogP contribution in [-0.4, -0.2) is 26.8 Å². The lowest BCUT2D eigenvalue weighted by Crippen LogP contribution is -2.12. The fourth-order valence-electron chi connectivity index (χ4n) is 2.95. The molecular formula is C23H18FN5O2. The van der Waals surface area contributed by atoms with Gasteiger partial charge in [-0.05, 0) is 60.7 Å². The Morgan fingerprint density at radius 1 is 0.839 bits per heavy atom. The quantitative estimate of drug-likeness (QED) is 0.509. The zero-order chi connectivity index (χ0) is 21.8. The van der Waals surface area contributed by atoms with Crippen LogP contribution in [0.1, 0.15) is 17.3 Å². The van der Waals surface area contributed by atoms with Gasteiger partial charge in [-0.15, -0.1) is 5.10 Å². The highest BCUT2D eigenvalue weighted by atomic mass is 19.1. The van der Waals surface area contributed by atoms with Gasteiger partial charge in [0.15, 0.2) is 0 Å². The summed E-state index contributed by atoms with van der Waals surface area (Å²) in [5, 5.41) is 13.7. The molecule has 0 saturated heterocycles. The summed E-state index contributed by atoms with van der Waals surface area (Å²) in [7, 11) is 0. The molecule has 0 saturated carbocycles. The molecule has 0 unspecified atom stereocenters. The summed E-state index contributed by atoms with van der Waals surface area (Å²) in [6.45, 7) is 1.42. The number of carbonyl (C=O) groups is 2. The Labute approximate surface area is 177 Å². The maximum absolute atomic E-state index is 13.1. The van der Waals surface area contributed by atoms with Gasteiger partial charge in [-0.1, -0.05) is 17.3 Å². The molecule has 7 nitrogen and oxygen atoms in total. The van der Waals surface area contributed by atoms with Crippen molar-refractivity contribution >= 4 is 23.2 Å². The minimum atomic E-state index is -0.314. The molecule has 0 radical (unpaired) electrons. The highest BCUT2D eigenvalue weighted by molar-refractivity contribution is 6.04. The molecule has 0 aliphatic carbocycles. The Bertz CT molecular complexity index is 1220. The third-order valence-corrected chi connectivity index (χ3v) is 4.49. The normalized spacial score (nSPS) is 10.5. The predicted molar refractivity (Wildman–Crippen MR) is 115 cm³/mol. The van der Waals surface area contributed by atoms with E-state index in [1.165, 1.54) is 19.1 Å². The molecule has 2 amide bonds. The van der Waals surface area contributed by atoms with Crippen LogP contribution in [0.25, 0.3) is 16.9 Å². The Morgan fingerprint density at radius 2 is 1.45 bits per heavy atom. The van der Waals surface area contributed by atoms with Gasteiger partial charge in [-0.3, -0.25) is 9.59 Å². The van der Waals surface area contributed by atoms with Crippen molar-refractivity contribution < 1.29 is 14.0 Å². The lowest BCUT2D eigenvalue weighted by Gasteiger charge is -2.07. The van der Waals surface area contributed by atoms with Gasteiger partial charge in [-0.25, -0.2) is 9.07 Å². The van der Waals surface area contributed by atoms with Crippen LogP contribution in [0, 0.1) is 5.82 Å². The molecule has 4 aromatic rings. The molecule has 8 heteroatoms. The van der Waals surface area contributed by atoms with Crippen LogP contribution in [0.2, 0.25) is 0 Å². The average molecular weight is 415 g/mol. The third kappa shape index (κ3) is 4.81. The first kappa shape index (κ1) is 20.0. The van der Waals surface area contributed by atoms with E-state index in [-0.39, 0.29) is 17.6 Å². The number of rotatable bonds is 5. The first-order chi connectivity index (χ1) is 15.0. The van der Waals surface area contributed by atoms with Crippen LogP contribution in [0.3, 0.4) is 0 Å². The molecule has 0 fully saturated rings. The minimum Gasteiger partial charge on any atom is -0.326 e. The number of hydrogen-bond donors (Lipinski definition) is 2. The van der Waals surface area contributed by atoms with Gasteiger partial charge in [0.1, 0.15) is 11.5 Å². The van der Waals surface area contributed by atoms with E-state index in [0.717, 1.165) is 5.56 Å². The summed E-state index contributed by atoms with van der Waals surface area (Å²) in [5.41, 5.74) is 3.91. The summed E-state index contributed by atoms with van der Waals surface area (Å²) in [5.74, 6) is -0.746. The van der Waals surface area contributed by atoms with Crippen molar-refractivity contribution in [2.45, 2.75) is 6.92 Å². The van der Waals surface area contributed by atoms with Crippen molar-refractivity contribution in [2.24, 2.45) is 0 Å². The molecule has 0 aliphatic rings. The standard InChI is InChI=1S/C23H18FN5O2/c1-15(30)25-19-10-4-17(5-11-19)23(31)26-20-8-2-16(3-9-20)22-14-29(28-27-22)21-12-6-18(24)7-13-21/h2-14H,1H3,(H,25,30)(H,26,31). The lowest BCUT2D eigenvalue weighted by molar-refractivity contribution is -0.114. The highest BCUT2D eigenvalue weighted by Crippen LogP contribution is 2.21. The summed E-state index contributed by atoms with van der Waals surface area (Å²) in [4.78, 5) is 23.5. The van der Waals surface area contributed by atoms with Crippen LogP contribution >= 0.6 is 0 Å². The molecule has 1 aromatic heterocycles. The highest BCUT2D eigenvalue weighted by Gasteiger charge is 2.09. The molecule has 4 rings (SSSR count). The summed E-state index contributed by atoms with van der Waals surface area (Å²) in [6.07, 6.45) is 1.75. The van der Waals surface area contributed by atoms with E-state index >= 15 is 0 Å². The van der Waals surface area contributed by atoms with E-state index in [1.807, 2.05) is 12.1 Å². The van der Waals surface area contributed by atoms with Crippen molar-refractivity contribution in [1.29, 1.82) is 0 Å². The Morgan fingerprint density at radius 3 is 2.10 bits per heavy atom. The van der Waals surface area contributed by atoms with Crippen LogP contribution in [-0.2, 0) is 4.79 Å². The van der Waals surface area contributed by atoms with Crippen molar-refractivity contribution in [3.8, 4) is 16.9 Å². The monoisotopic (exact) mass is 415 g/mol. The number of hydrogen-bond acceptors (Lipinski definition) is 4. The first-order valence-electron chi connectivity index (χ1n) is 9.46. The van der Waals surface area contributed by atoms with E-state index in [2.05, 4.69) is 20.9 Å². The number of aromatic nitrogens is 3. The maximum Gasteiger partial charge on any atom is 0.255 e. The fraction of sp³-hybridized carbons (Fsp3) is 0.0435. The zero-order valence-corrected chi connectivity index (χ0v) is 16.5. The number of amides is 2. The molecule has 154 valence electrons. The average Bonchev–Trinajstić information content (AvgIpc) is 3.25. The third-order valence-electron chi connectivity index (χ3n) is 4.49. The van der Waals surface area contributed by atoms with Crippen LogP contribution in [0.15, 0.2) is 79.0 Å². The second-order valence-electron chi connectivity index (χ2n) is 6.81. The molecule has 2 N–H and O–H groups in total. The van der Waals surface area contributed by atoms with Crippen molar-refractivity contribution in [2.75, 3.05) is 10.6 Å². The van der Waals surface area contributed by atoms with Crippen LogP contribution in [0.5, 0.6) is 0 Å². The summed E-state index contributed by atoms with van der Waals surface area (Å²) in [6, 6.07) is 19.8. The zero-order valence-electron chi connectivity index (χ0n) is 16.5. The molecule has 0 spiro atoms. The van der Waals surface area contributed by atoms with E-state index in [0.29, 0.717) is 28.3 Å². The number of nitrogens with zero attached hydrogens (tertiary/aromatic N) is 3. The summed E-state index contributed by atoms with van der Waals surface area (Å²) >= 11 is 0. The van der Waals surface area contributed by atoms with Gasteiger partial charge in [0.25, 0.3) is 5.91 Å². The van der Waals surface area contributed by atoms with Gasteiger partial charge in [0.2, 0.25) is 5.91 Å². The van der Waals surface area contributed by atoms with Gasteiger partial charge in [0.05, 0.1) is 11.9 Å². The summed E-state index contributed by atoms with van der Waals surface area (Å²) < 4.78 is 14.6. The van der Waals surface area contributed by atoms with Gasteiger partial charge in [-0.2, -0.15) is 0 Å². The molecule has 0 aliphatic heterocycles. The molecule has 1 heterocycles. The predicted octanol–water partition coefficient (Wildman–Crippen LogP) is 4.28. The lowest BCUT2D eigenvalue weighted by atomic mass is 10.1. The van der Waals surface area contributed by atoms with Crippen molar-refractivity contribution in [3.05, 3.63) is 90.4 Å². The number of carbonyl (C=O) groups excluding carboxylic acids is 2. The van der Waals surface area contributed by atoms with E-state index < -0.39 is 0 Å². The second-order valence-corrected chi connectivity index (χ2v) is 6.81. The molecule has 3 aromatic carbocycles. The molecule has 0 bridgehead atoms. The number of anilines is 2. The van der Waals surface area contributed by atoms with Crippen LogP contribution in [0.4, 0.5) is 15.8 Å². The second kappa shape index (κ2) is 8.58. The van der Waals surface area contributed by atoms with Crippen molar-refractivity contribution in [3.63, 3.8) is 0 Å². The van der Waals surface area contributed by atoms with E-state index in [4.69, 9.17) is 0 Å². The Balaban J connectivity index is 1.43. The topological polar surface area (TPSA) is 88.9 Å². The molecule has 31 heavy (non-hydrogen) atoms. The smallest absolute Gasteiger partial charge is 0.255 e. The number of halogens is 1. The SMILES string of the molecule is CC(=O)Nc1ccc(C(=O)Nc2ccc(-c3cn(-c4ccc(F)cc4)nn3)cc2)cc1. The van der Waals surface area contributed by atoms with Gasteiger partial charge < -0.3 is 10.6 Å². The van der Waals surface area contributed by atoms with Crippen molar-refractivity contribution in [1.82, 2.24) is 15.0 Å². The Kier molecular flexibility index (Phi) is 5.53. The Hall–Kier alpha value is -4.33. The van der Waals surface area contributed by atoms with E-state index in [9.17, 15) is 14.0 Å². The molecular weight excluding hydrogens is 397 g/mol. The number of benzene rings is 3. The maximum atomic E-state index is 13.1. The number of nitrogens with one attached hydrogen (secondary N) is 2. The van der Waals surface area contributed by atoms with E-state index in [1.54, 1.807) is 59.4 Å². The minimum absolute atomic E-state index is 0.171. The first-order valence-corrected chi connectivity index (χ1v) is 9.46. The molecule has 0 atom stereocenters. The largest absolute Gasteiger partial charge is 0.326 e. The van der Waals surface area contributed by atoms with Gasteiger partial charge >= 0.3 is 0 Å². The fourth-order valence-corrected chi connectivity index (χ4v) is 2.95. The van der Waals surface area contributed by atoms with Gasteiger partial charge in [0, 0.05) is 29.4 Å².